The average Bonchev–Trinajstić information content (AvgIpc) is 2.86. The first-order chi connectivity index (χ1) is 13.2. The van der Waals surface area contributed by atoms with Crippen LogP contribution in [0.1, 0.15) is 49.2 Å². The molecule has 1 N–H and O–H groups in total. The fourth-order valence-electron chi connectivity index (χ4n) is 3.36. The summed E-state index contributed by atoms with van der Waals surface area (Å²) in [4.78, 5) is 24.5. The zero-order chi connectivity index (χ0) is 20.1. The SMILES string of the molecule is CC1(C)OB(c2cccc(C=C3C(=O)NC(=O)c4ccccc43)c2)OC1(C)C. The zero-order valence-electron chi connectivity index (χ0n) is 16.4. The first-order valence-electron chi connectivity index (χ1n) is 9.30. The fraction of sp³-hybridized carbons (Fsp3) is 0.273. The van der Waals surface area contributed by atoms with Crippen LogP contribution in [-0.2, 0) is 14.1 Å². The maximum absolute atomic E-state index is 12.4. The molecule has 0 atom stereocenters. The maximum Gasteiger partial charge on any atom is 0.494 e. The van der Waals surface area contributed by atoms with Crippen molar-refractivity contribution in [2.45, 2.75) is 38.9 Å². The number of fused-ring (bicyclic) bond motifs is 1. The lowest BCUT2D eigenvalue weighted by Crippen LogP contribution is -2.41. The van der Waals surface area contributed by atoms with Gasteiger partial charge >= 0.3 is 7.12 Å². The molecule has 5 nitrogen and oxygen atoms in total. The number of rotatable bonds is 2. The minimum atomic E-state index is -0.475. The van der Waals surface area contributed by atoms with Crippen molar-refractivity contribution >= 4 is 36.0 Å². The highest BCUT2D eigenvalue weighted by atomic mass is 16.7. The summed E-state index contributed by atoms with van der Waals surface area (Å²) >= 11 is 0. The molecule has 0 unspecified atom stereocenters. The van der Waals surface area contributed by atoms with Gasteiger partial charge in [-0.25, -0.2) is 0 Å². The van der Waals surface area contributed by atoms with Gasteiger partial charge in [0.15, 0.2) is 0 Å². The van der Waals surface area contributed by atoms with Gasteiger partial charge < -0.3 is 9.31 Å². The van der Waals surface area contributed by atoms with E-state index in [1.165, 1.54) is 0 Å². The first-order valence-corrected chi connectivity index (χ1v) is 9.30. The Morgan fingerprint density at radius 3 is 2.18 bits per heavy atom. The first kappa shape index (κ1) is 18.7. The summed E-state index contributed by atoms with van der Waals surface area (Å²) in [5, 5.41) is 2.40. The molecule has 2 aliphatic rings. The van der Waals surface area contributed by atoms with Gasteiger partial charge in [-0.3, -0.25) is 14.9 Å². The van der Waals surface area contributed by atoms with E-state index >= 15 is 0 Å². The third-order valence-electron chi connectivity index (χ3n) is 5.68. The van der Waals surface area contributed by atoms with Crippen molar-refractivity contribution in [3.05, 3.63) is 65.2 Å². The summed E-state index contributed by atoms with van der Waals surface area (Å²) in [7, 11) is -0.475. The molecule has 0 aliphatic carbocycles. The molecule has 2 aromatic carbocycles. The second-order valence-electron chi connectivity index (χ2n) is 8.15. The molecule has 0 radical (unpaired) electrons. The minimum absolute atomic E-state index is 0.372. The Balaban J connectivity index is 1.71. The van der Waals surface area contributed by atoms with E-state index in [0.29, 0.717) is 16.7 Å². The van der Waals surface area contributed by atoms with Crippen LogP contribution < -0.4 is 10.8 Å². The molecule has 6 heteroatoms. The highest BCUT2D eigenvalue weighted by Crippen LogP contribution is 2.36. The highest BCUT2D eigenvalue weighted by molar-refractivity contribution is 6.62. The second-order valence-corrected chi connectivity index (χ2v) is 8.15. The third-order valence-corrected chi connectivity index (χ3v) is 5.68. The molecule has 28 heavy (non-hydrogen) atoms. The fourth-order valence-corrected chi connectivity index (χ4v) is 3.36. The van der Waals surface area contributed by atoms with Crippen LogP contribution in [-0.4, -0.2) is 30.1 Å². The Labute approximate surface area is 164 Å². The molecular weight excluding hydrogens is 353 g/mol. The predicted molar refractivity (Wildman–Crippen MR) is 109 cm³/mol. The summed E-state index contributed by atoms with van der Waals surface area (Å²) < 4.78 is 12.2. The van der Waals surface area contributed by atoms with E-state index in [4.69, 9.17) is 9.31 Å². The van der Waals surface area contributed by atoms with Gasteiger partial charge in [-0.15, -0.1) is 0 Å². The normalized spacial score (nSPS) is 21.6. The number of amides is 2. The van der Waals surface area contributed by atoms with Crippen LogP contribution in [0.5, 0.6) is 0 Å². The van der Waals surface area contributed by atoms with Crippen molar-refractivity contribution in [2.24, 2.45) is 0 Å². The molecule has 2 amide bonds. The molecule has 1 fully saturated rings. The average molecular weight is 375 g/mol. The van der Waals surface area contributed by atoms with Crippen molar-refractivity contribution in [3.63, 3.8) is 0 Å². The van der Waals surface area contributed by atoms with Crippen LogP contribution in [0.4, 0.5) is 0 Å². The Hall–Kier alpha value is -2.70. The van der Waals surface area contributed by atoms with E-state index in [1.54, 1.807) is 24.3 Å². The third kappa shape index (κ3) is 3.09. The molecule has 2 aliphatic heterocycles. The monoisotopic (exact) mass is 375 g/mol. The minimum Gasteiger partial charge on any atom is -0.399 e. The standard InChI is InChI=1S/C22H22BNO4/c1-21(2)22(3,4)28-23(27-21)15-9-7-8-14(12-15)13-18-16-10-5-6-11-17(16)19(25)24-20(18)26/h5-13H,1-4H3,(H,24,25,26). The van der Waals surface area contributed by atoms with Crippen LogP contribution in [0.2, 0.25) is 0 Å². The van der Waals surface area contributed by atoms with E-state index in [9.17, 15) is 9.59 Å². The summed E-state index contributed by atoms with van der Waals surface area (Å²) in [6.07, 6.45) is 1.79. The van der Waals surface area contributed by atoms with Crippen LogP contribution in [0.25, 0.3) is 11.6 Å². The van der Waals surface area contributed by atoms with Gasteiger partial charge in [0, 0.05) is 11.1 Å². The molecule has 0 bridgehead atoms. The van der Waals surface area contributed by atoms with Crippen LogP contribution in [0, 0.1) is 0 Å². The quantitative estimate of drug-likeness (QED) is 0.498. The van der Waals surface area contributed by atoms with E-state index in [-0.39, 0.29) is 5.91 Å². The van der Waals surface area contributed by atoms with E-state index in [1.807, 2.05) is 58.0 Å². The topological polar surface area (TPSA) is 64.6 Å². The molecule has 142 valence electrons. The number of carbonyl (C=O) groups is 2. The van der Waals surface area contributed by atoms with E-state index < -0.39 is 24.2 Å². The summed E-state index contributed by atoms with van der Waals surface area (Å²) in [6, 6.07) is 14.8. The number of nitrogens with one attached hydrogen (secondary N) is 1. The Morgan fingerprint density at radius 2 is 1.50 bits per heavy atom. The van der Waals surface area contributed by atoms with E-state index in [0.717, 1.165) is 11.0 Å². The van der Waals surface area contributed by atoms with E-state index in [2.05, 4.69) is 5.32 Å². The van der Waals surface area contributed by atoms with Gasteiger partial charge in [0.1, 0.15) is 0 Å². The van der Waals surface area contributed by atoms with Gasteiger partial charge in [0.2, 0.25) is 0 Å². The number of hydrogen-bond acceptors (Lipinski definition) is 4. The number of imide groups is 1. The molecular formula is C22H22BNO4. The number of carbonyl (C=O) groups excluding carboxylic acids is 2. The highest BCUT2D eigenvalue weighted by Gasteiger charge is 2.51. The summed E-state index contributed by atoms with van der Waals surface area (Å²) in [5.74, 6) is -0.770. The predicted octanol–water partition coefficient (Wildman–Crippen LogP) is 2.80. The van der Waals surface area contributed by atoms with Gasteiger partial charge in [-0.1, -0.05) is 42.5 Å². The van der Waals surface area contributed by atoms with Crippen LogP contribution in [0.15, 0.2) is 48.5 Å². The smallest absolute Gasteiger partial charge is 0.399 e. The van der Waals surface area contributed by atoms with Crippen molar-refractivity contribution in [1.82, 2.24) is 5.32 Å². The van der Waals surface area contributed by atoms with Gasteiger partial charge in [-0.2, -0.15) is 0 Å². The maximum atomic E-state index is 12.4. The van der Waals surface area contributed by atoms with Crippen molar-refractivity contribution < 1.29 is 18.9 Å². The van der Waals surface area contributed by atoms with Crippen molar-refractivity contribution in [2.75, 3.05) is 0 Å². The Kier molecular flexibility index (Phi) is 4.29. The molecule has 4 rings (SSSR count). The molecule has 0 saturated carbocycles. The summed E-state index contributed by atoms with van der Waals surface area (Å²) in [6.45, 7) is 8.05. The Morgan fingerprint density at radius 1 is 0.857 bits per heavy atom. The largest absolute Gasteiger partial charge is 0.494 e. The van der Waals surface area contributed by atoms with Gasteiger partial charge in [-0.05, 0) is 56.4 Å². The molecule has 2 aromatic rings. The lowest BCUT2D eigenvalue weighted by Gasteiger charge is -2.32. The molecule has 0 aromatic heterocycles. The molecule has 0 spiro atoms. The van der Waals surface area contributed by atoms with Crippen LogP contribution >= 0.6 is 0 Å². The number of benzene rings is 2. The zero-order valence-corrected chi connectivity index (χ0v) is 16.4. The molecule has 2 heterocycles. The lowest BCUT2D eigenvalue weighted by atomic mass is 9.78. The summed E-state index contributed by atoms with van der Waals surface area (Å²) in [5.41, 5.74) is 2.47. The van der Waals surface area contributed by atoms with Gasteiger partial charge in [0.05, 0.1) is 11.2 Å². The second kappa shape index (κ2) is 6.43. The van der Waals surface area contributed by atoms with Crippen LogP contribution in [0.3, 0.4) is 0 Å². The lowest BCUT2D eigenvalue weighted by molar-refractivity contribution is -0.114. The number of hydrogen-bond donors (Lipinski definition) is 1. The Bertz CT molecular complexity index is 993. The molecule has 1 saturated heterocycles. The van der Waals surface area contributed by atoms with Gasteiger partial charge in [0.25, 0.3) is 11.8 Å². The van der Waals surface area contributed by atoms with Crippen molar-refractivity contribution in [3.8, 4) is 0 Å². The van der Waals surface area contributed by atoms with Crippen molar-refractivity contribution in [1.29, 1.82) is 0 Å².